The molecule has 0 aliphatic carbocycles. The van der Waals surface area contributed by atoms with Gasteiger partial charge in [-0.3, -0.25) is 4.79 Å². The molecule has 0 saturated carbocycles. The minimum Gasteiger partial charge on any atom is -0.462 e. The standard InChI is InChI=1S/C15H14BrNO3S/c1-3-20-15(19)12-4-5-21-14(12)17-13(18)10-6-9(2)7-11(16)8-10/h4-8H,3H2,1-2H3,(H,17,18). The summed E-state index contributed by atoms with van der Waals surface area (Å²) in [4.78, 5) is 24.1. The average molecular weight is 368 g/mol. The second-order valence-corrected chi connectivity index (χ2v) is 6.19. The lowest BCUT2D eigenvalue weighted by Crippen LogP contribution is -2.14. The number of halogens is 1. The van der Waals surface area contributed by atoms with Crippen LogP contribution in [-0.2, 0) is 4.74 Å². The molecule has 2 rings (SSSR count). The van der Waals surface area contributed by atoms with Crippen LogP contribution in [0.2, 0.25) is 0 Å². The molecule has 0 saturated heterocycles. The van der Waals surface area contributed by atoms with E-state index in [4.69, 9.17) is 4.74 Å². The Morgan fingerprint density at radius 3 is 2.76 bits per heavy atom. The zero-order valence-corrected chi connectivity index (χ0v) is 14.0. The van der Waals surface area contributed by atoms with Gasteiger partial charge in [0.1, 0.15) is 5.00 Å². The number of carbonyl (C=O) groups excluding carboxylic acids is 2. The minimum atomic E-state index is -0.431. The van der Waals surface area contributed by atoms with E-state index in [0.29, 0.717) is 22.7 Å². The van der Waals surface area contributed by atoms with Crippen molar-refractivity contribution in [1.82, 2.24) is 0 Å². The predicted octanol–water partition coefficient (Wildman–Crippen LogP) is 4.25. The number of anilines is 1. The molecule has 2 aromatic rings. The highest BCUT2D eigenvalue weighted by Gasteiger charge is 2.17. The fraction of sp³-hybridized carbons (Fsp3) is 0.200. The number of esters is 1. The molecular weight excluding hydrogens is 354 g/mol. The molecule has 0 bridgehead atoms. The van der Waals surface area contributed by atoms with Crippen LogP contribution in [0.5, 0.6) is 0 Å². The lowest BCUT2D eigenvalue weighted by molar-refractivity contribution is 0.0528. The van der Waals surface area contributed by atoms with Gasteiger partial charge in [0.05, 0.1) is 12.2 Å². The minimum absolute atomic E-state index is 0.257. The molecule has 110 valence electrons. The van der Waals surface area contributed by atoms with E-state index in [-0.39, 0.29) is 5.91 Å². The molecule has 0 atom stereocenters. The SMILES string of the molecule is CCOC(=O)c1ccsc1NC(=O)c1cc(C)cc(Br)c1. The molecule has 1 amide bonds. The van der Waals surface area contributed by atoms with Gasteiger partial charge in [-0.05, 0) is 49.1 Å². The Balaban J connectivity index is 2.20. The molecular formula is C15H14BrNO3S. The molecule has 1 aromatic carbocycles. The molecule has 0 aliphatic rings. The number of hydrogen-bond acceptors (Lipinski definition) is 4. The number of hydrogen-bond donors (Lipinski definition) is 1. The van der Waals surface area contributed by atoms with Crippen molar-refractivity contribution in [2.45, 2.75) is 13.8 Å². The van der Waals surface area contributed by atoms with E-state index in [0.717, 1.165) is 10.0 Å². The van der Waals surface area contributed by atoms with E-state index in [1.807, 2.05) is 13.0 Å². The first kappa shape index (κ1) is 15.7. The number of amides is 1. The highest BCUT2D eigenvalue weighted by molar-refractivity contribution is 9.10. The highest BCUT2D eigenvalue weighted by Crippen LogP contribution is 2.25. The average Bonchev–Trinajstić information content (AvgIpc) is 2.86. The van der Waals surface area contributed by atoms with Gasteiger partial charge in [0.15, 0.2) is 0 Å². The molecule has 0 aliphatic heterocycles. The van der Waals surface area contributed by atoms with Gasteiger partial charge in [0.2, 0.25) is 0 Å². The third-order valence-electron chi connectivity index (χ3n) is 2.69. The van der Waals surface area contributed by atoms with Crippen LogP contribution in [0.1, 0.15) is 33.2 Å². The molecule has 0 spiro atoms. The summed E-state index contributed by atoms with van der Waals surface area (Å²) in [6.07, 6.45) is 0. The molecule has 1 N–H and O–H groups in total. The first-order valence-corrected chi connectivity index (χ1v) is 8.01. The summed E-state index contributed by atoms with van der Waals surface area (Å²) in [5.74, 6) is -0.688. The number of benzene rings is 1. The first-order chi connectivity index (χ1) is 10.0. The van der Waals surface area contributed by atoms with Crippen LogP contribution in [0.4, 0.5) is 5.00 Å². The molecule has 4 nitrogen and oxygen atoms in total. The highest BCUT2D eigenvalue weighted by atomic mass is 79.9. The topological polar surface area (TPSA) is 55.4 Å². The van der Waals surface area contributed by atoms with E-state index in [1.54, 1.807) is 30.5 Å². The molecule has 1 heterocycles. The summed E-state index contributed by atoms with van der Waals surface area (Å²) in [7, 11) is 0. The van der Waals surface area contributed by atoms with Crippen LogP contribution in [0.15, 0.2) is 34.1 Å². The van der Waals surface area contributed by atoms with Crippen molar-refractivity contribution in [3.05, 3.63) is 50.8 Å². The summed E-state index contributed by atoms with van der Waals surface area (Å²) in [5.41, 5.74) is 1.89. The number of aryl methyl sites for hydroxylation is 1. The maximum atomic E-state index is 12.3. The van der Waals surface area contributed by atoms with Crippen molar-refractivity contribution >= 4 is 44.1 Å². The Hall–Kier alpha value is -1.66. The lowest BCUT2D eigenvalue weighted by atomic mass is 10.1. The van der Waals surface area contributed by atoms with E-state index in [1.165, 1.54) is 11.3 Å². The van der Waals surface area contributed by atoms with Gasteiger partial charge >= 0.3 is 5.97 Å². The molecule has 21 heavy (non-hydrogen) atoms. The quantitative estimate of drug-likeness (QED) is 0.821. The van der Waals surface area contributed by atoms with Gasteiger partial charge in [0, 0.05) is 10.0 Å². The summed E-state index contributed by atoms with van der Waals surface area (Å²) in [6, 6.07) is 7.09. The third-order valence-corrected chi connectivity index (χ3v) is 3.98. The molecule has 6 heteroatoms. The monoisotopic (exact) mass is 367 g/mol. The molecule has 0 radical (unpaired) electrons. The van der Waals surface area contributed by atoms with Gasteiger partial charge in [-0.25, -0.2) is 4.79 Å². The van der Waals surface area contributed by atoms with Gasteiger partial charge < -0.3 is 10.1 Å². The van der Waals surface area contributed by atoms with Gasteiger partial charge in [0.25, 0.3) is 5.91 Å². The Labute approximate surface area is 135 Å². The normalized spacial score (nSPS) is 10.2. The second-order valence-electron chi connectivity index (χ2n) is 4.36. The van der Waals surface area contributed by atoms with E-state index >= 15 is 0 Å². The fourth-order valence-electron chi connectivity index (χ4n) is 1.82. The summed E-state index contributed by atoms with van der Waals surface area (Å²) >= 11 is 4.66. The van der Waals surface area contributed by atoms with Crippen LogP contribution in [-0.4, -0.2) is 18.5 Å². The maximum Gasteiger partial charge on any atom is 0.341 e. The third kappa shape index (κ3) is 3.92. The lowest BCUT2D eigenvalue weighted by Gasteiger charge is -2.07. The van der Waals surface area contributed by atoms with Crippen LogP contribution >= 0.6 is 27.3 Å². The summed E-state index contributed by atoms with van der Waals surface area (Å²) in [5, 5.41) is 5.00. The number of ether oxygens (including phenoxy) is 1. The van der Waals surface area contributed by atoms with Crippen molar-refractivity contribution in [2.75, 3.05) is 11.9 Å². The van der Waals surface area contributed by atoms with Crippen LogP contribution in [0.3, 0.4) is 0 Å². The summed E-state index contributed by atoms with van der Waals surface area (Å²) < 4.78 is 5.80. The maximum absolute atomic E-state index is 12.3. The van der Waals surface area contributed by atoms with E-state index < -0.39 is 5.97 Å². The van der Waals surface area contributed by atoms with Crippen LogP contribution in [0, 0.1) is 6.92 Å². The second kappa shape index (κ2) is 6.87. The smallest absolute Gasteiger partial charge is 0.341 e. The van der Waals surface area contributed by atoms with Gasteiger partial charge in [-0.15, -0.1) is 11.3 Å². The largest absolute Gasteiger partial charge is 0.462 e. The van der Waals surface area contributed by atoms with Gasteiger partial charge in [-0.2, -0.15) is 0 Å². The van der Waals surface area contributed by atoms with Gasteiger partial charge in [-0.1, -0.05) is 15.9 Å². The number of thiophene rings is 1. The Kier molecular flexibility index (Phi) is 5.14. The van der Waals surface area contributed by atoms with Crippen molar-refractivity contribution in [2.24, 2.45) is 0 Å². The Bertz CT molecular complexity index is 661. The Morgan fingerprint density at radius 1 is 1.33 bits per heavy atom. The van der Waals surface area contributed by atoms with Crippen LogP contribution < -0.4 is 5.32 Å². The molecule has 1 aromatic heterocycles. The number of nitrogens with one attached hydrogen (secondary N) is 1. The van der Waals surface area contributed by atoms with Crippen molar-refractivity contribution in [3.8, 4) is 0 Å². The first-order valence-electron chi connectivity index (χ1n) is 6.34. The van der Waals surface area contributed by atoms with E-state index in [2.05, 4.69) is 21.2 Å². The molecule has 0 fully saturated rings. The van der Waals surface area contributed by atoms with E-state index in [9.17, 15) is 9.59 Å². The van der Waals surface area contributed by atoms with Crippen molar-refractivity contribution in [1.29, 1.82) is 0 Å². The van der Waals surface area contributed by atoms with Crippen molar-refractivity contribution < 1.29 is 14.3 Å². The number of rotatable bonds is 4. The Morgan fingerprint density at radius 2 is 2.10 bits per heavy atom. The predicted molar refractivity (Wildman–Crippen MR) is 87.1 cm³/mol. The zero-order valence-electron chi connectivity index (χ0n) is 11.6. The van der Waals surface area contributed by atoms with Crippen molar-refractivity contribution in [3.63, 3.8) is 0 Å². The number of carbonyl (C=O) groups is 2. The summed E-state index contributed by atoms with van der Waals surface area (Å²) in [6.45, 7) is 3.95. The van der Waals surface area contributed by atoms with Crippen LogP contribution in [0.25, 0.3) is 0 Å². The molecule has 0 unspecified atom stereocenters. The fourth-order valence-corrected chi connectivity index (χ4v) is 3.20. The zero-order chi connectivity index (χ0) is 15.4.